The molecular formula is C23H24N2O3. The molecule has 0 spiro atoms. The second kappa shape index (κ2) is 8.30. The molecule has 1 aliphatic heterocycles. The zero-order chi connectivity index (χ0) is 19.3. The average molecular weight is 376 g/mol. The zero-order valence-electron chi connectivity index (χ0n) is 16.1. The number of aromatic nitrogens is 1. The molecule has 0 N–H and O–H groups in total. The van der Waals surface area contributed by atoms with E-state index in [1.807, 2.05) is 66.4 Å². The number of likely N-dealkylation sites (tertiary alicyclic amines) is 1. The maximum Gasteiger partial charge on any atom is 0.260 e. The summed E-state index contributed by atoms with van der Waals surface area (Å²) in [6.07, 6.45) is 3.38. The fourth-order valence-corrected chi connectivity index (χ4v) is 3.46. The number of ether oxygens (including phenoxy) is 1. The molecule has 5 nitrogen and oxygen atoms in total. The molecule has 0 unspecified atom stereocenters. The van der Waals surface area contributed by atoms with Crippen molar-refractivity contribution in [2.24, 2.45) is 0 Å². The Labute approximate surface area is 165 Å². The Hall–Kier alpha value is -3.08. The lowest BCUT2D eigenvalue weighted by atomic mass is 10.1. The number of piperidine rings is 1. The average Bonchev–Trinajstić information content (AvgIpc) is 3.15. The van der Waals surface area contributed by atoms with Crippen molar-refractivity contribution in [1.82, 2.24) is 9.88 Å². The monoisotopic (exact) mass is 376 g/mol. The summed E-state index contributed by atoms with van der Waals surface area (Å²) in [5.41, 5.74) is 2.72. The Morgan fingerprint density at radius 3 is 2.43 bits per heavy atom. The Morgan fingerprint density at radius 2 is 1.71 bits per heavy atom. The molecule has 0 bridgehead atoms. The van der Waals surface area contributed by atoms with Gasteiger partial charge < -0.3 is 14.1 Å². The molecule has 4 rings (SSSR count). The summed E-state index contributed by atoms with van der Waals surface area (Å²) in [7, 11) is 0. The molecule has 1 fully saturated rings. The van der Waals surface area contributed by atoms with E-state index < -0.39 is 0 Å². The van der Waals surface area contributed by atoms with Crippen LogP contribution in [0.2, 0.25) is 0 Å². The van der Waals surface area contributed by atoms with Crippen molar-refractivity contribution in [3.8, 4) is 28.5 Å². The van der Waals surface area contributed by atoms with Crippen molar-refractivity contribution in [3.63, 3.8) is 0 Å². The van der Waals surface area contributed by atoms with Gasteiger partial charge in [0.05, 0.1) is 0 Å². The van der Waals surface area contributed by atoms with E-state index >= 15 is 0 Å². The minimum atomic E-state index is 0.0589. The fraction of sp³-hybridized carbons (Fsp3) is 0.304. The molecule has 28 heavy (non-hydrogen) atoms. The van der Waals surface area contributed by atoms with Gasteiger partial charge in [0.25, 0.3) is 5.91 Å². The van der Waals surface area contributed by atoms with Gasteiger partial charge in [0, 0.05) is 24.2 Å². The number of rotatable bonds is 5. The van der Waals surface area contributed by atoms with Crippen LogP contribution in [0.3, 0.4) is 0 Å². The Kier molecular flexibility index (Phi) is 5.42. The lowest BCUT2D eigenvalue weighted by Gasteiger charge is -2.26. The van der Waals surface area contributed by atoms with Crippen LogP contribution in [0.4, 0.5) is 0 Å². The first-order valence-corrected chi connectivity index (χ1v) is 9.74. The van der Waals surface area contributed by atoms with Gasteiger partial charge in [-0.2, -0.15) is 0 Å². The van der Waals surface area contributed by atoms with Gasteiger partial charge in [0.1, 0.15) is 17.2 Å². The SMILES string of the molecule is Cc1oc(-c2ccccc2)nc1-c1ccc(OCC(=O)N2CCCCC2)cc1. The molecule has 2 heterocycles. The number of carbonyl (C=O) groups excluding carboxylic acids is 1. The number of hydrogen-bond acceptors (Lipinski definition) is 4. The highest BCUT2D eigenvalue weighted by molar-refractivity contribution is 5.78. The summed E-state index contributed by atoms with van der Waals surface area (Å²) in [6.45, 7) is 3.68. The number of aryl methyl sites for hydroxylation is 1. The van der Waals surface area contributed by atoms with Gasteiger partial charge in [-0.1, -0.05) is 18.2 Å². The molecule has 5 heteroatoms. The van der Waals surface area contributed by atoms with Crippen LogP contribution in [0, 0.1) is 6.92 Å². The van der Waals surface area contributed by atoms with Gasteiger partial charge in [-0.25, -0.2) is 4.98 Å². The standard InChI is InChI=1S/C23H24N2O3/c1-17-22(24-23(28-17)19-8-4-2-5-9-19)18-10-12-20(13-11-18)27-16-21(26)25-14-6-3-7-15-25/h2,4-5,8-13H,3,6-7,14-16H2,1H3. The summed E-state index contributed by atoms with van der Waals surface area (Å²) in [6, 6.07) is 17.5. The smallest absolute Gasteiger partial charge is 0.260 e. The van der Waals surface area contributed by atoms with Crippen molar-refractivity contribution >= 4 is 5.91 Å². The largest absolute Gasteiger partial charge is 0.484 e. The minimum absolute atomic E-state index is 0.0589. The van der Waals surface area contributed by atoms with Crippen LogP contribution < -0.4 is 4.74 Å². The van der Waals surface area contributed by atoms with E-state index in [2.05, 4.69) is 4.98 Å². The van der Waals surface area contributed by atoms with Gasteiger partial charge in [-0.15, -0.1) is 0 Å². The third kappa shape index (κ3) is 4.09. The normalized spacial score (nSPS) is 14.1. The van der Waals surface area contributed by atoms with Crippen molar-refractivity contribution in [2.75, 3.05) is 19.7 Å². The third-order valence-electron chi connectivity index (χ3n) is 5.02. The van der Waals surface area contributed by atoms with Crippen LogP contribution in [-0.4, -0.2) is 35.5 Å². The highest BCUT2D eigenvalue weighted by Crippen LogP contribution is 2.29. The fourth-order valence-electron chi connectivity index (χ4n) is 3.46. The van der Waals surface area contributed by atoms with E-state index in [1.165, 1.54) is 6.42 Å². The molecule has 144 valence electrons. The van der Waals surface area contributed by atoms with Crippen molar-refractivity contribution < 1.29 is 13.9 Å². The second-order valence-electron chi connectivity index (χ2n) is 7.04. The first kappa shape index (κ1) is 18.3. The maximum atomic E-state index is 12.2. The Bertz CT molecular complexity index is 926. The molecule has 0 atom stereocenters. The summed E-state index contributed by atoms with van der Waals surface area (Å²) in [5.74, 6) is 2.12. The summed E-state index contributed by atoms with van der Waals surface area (Å²) >= 11 is 0. The third-order valence-corrected chi connectivity index (χ3v) is 5.02. The van der Waals surface area contributed by atoms with Crippen molar-refractivity contribution in [2.45, 2.75) is 26.2 Å². The minimum Gasteiger partial charge on any atom is -0.484 e. The van der Waals surface area contributed by atoms with Gasteiger partial charge in [-0.3, -0.25) is 4.79 Å². The predicted molar refractivity (Wildman–Crippen MR) is 108 cm³/mol. The Balaban J connectivity index is 1.42. The van der Waals surface area contributed by atoms with E-state index in [0.29, 0.717) is 11.6 Å². The number of nitrogens with zero attached hydrogens (tertiary/aromatic N) is 2. The highest BCUT2D eigenvalue weighted by atomic mass is 16.5. The second-order valence-corrected chi connectivity index (χ2v) is 7.04. The lowest BCUT2D eigenvalue weighted by molar-refractivity contribution is -0.134. The van der Waals surface area contributed by atoms with Gasteiger partial charge in [-0.05, 0) is 62.6 Å². The van der Waals surface area contributed by atoms with Gasteiger partial charge in [0.15, 0.2) is 6.61 Å². The number of carbonyl (C=O) groups is 1. The van der Waals surface area contributed by atoms with Gasteiger partial charge >= 0.3 is 0 Å². The molecule has 0 radical (unpaired) electrons. The number of hydrogen-bond donors (Lipinski definition) is 0. The molecule has 1 saturated heterocycles. The van der Waals surface area contributed by atoms with Crippen molar-refractivity contribution in [1.29, 1.82) is 0 Å². The summed E-state index contributed by atoms with van der Waals surface area (Å²) in [4.78, 5) is 18.8. The predicted octanol–water partition coefficient (Wildman–Crippen LogP) is 4.71. The van der Waals surface area contributed by atoms with Crippen molar-refractivity contribution in [3.05, 3.63) is 60.4 Å². The molecule has 1 amide bonds. The van der Waals surface area contributed by atoms with Crippen LogP contribution in [-0.2, 0) is 4.79 Å². The molecule has 1 aliphatic rings. The van der Waals surface area contributed by atoms with Crippen LogP contribution in [0.15, 0.2) is 59.0 Å². The van der Waals surface area contributed by atoms with E-state index in [0.717, 1.165) is 48.5 Å². The highest BCUT2D eigenvalue weighted by Gasteiger charge is 2.17. The van der Waals surface area contributed by atoms with Crippen LogP contribution in [0.25, 0.3) is 22.7 Å². The van der Waals surface area contributed by atoms with Gasteiger partial charge in [0.2, 0.25) is 5.89 Å². The molecule has 1 aromatic heterocycles. The quantitative estimate of drug-likeness (QED) is 0.647. The number of benzene rings is 2. The lowest BCUT2D eigenvalue weighted by Crippen LogP contribution is -2.38. The first-order chi connectivity index (χ1) is 13.7. The zero-order valence-corrected chi connectivity index (χ0v) is 16.1. The van der Waals surface area contributed by atoms with Crippen LogP contribution >= 0.6 is 0 Å². The molecule has 0 saturated carbocycles. The van der Waals surface area contributed by atoms with E-state index in [1.54, 1.807) is 0 Å². The number of amides is 1. The Morgan fingerprint density at radius 1 is 1.00 bits per heavy atom. The first-order valence-electron chi connectivity index (χ1n) is 9.74. The molecule has 3 aromatic rings. The van der Waals surface area contributed by atoms with Crippen LogP contribution in [0.1, 0.15) is 25.0 Å². The van der Waals surface area contributed by atoms with E-state index in [9.17, 15) is 4.79 Å². The van der Waals surface area contributed by atoms with E-state index in [-0.39, 0.29) is 12.5 Å². The number of oxazole rings is 1. The summed E-state index contributed by atoms with van der Waals surface area (Å²) in [5, 5.41) is 0. The topological polar surface area (TPSA) is 55.6 Å². The molecular weight excluding hydrogens is 352 g/mol. The van der Waals surface area contributed by atoms with E-state index in [4.69, 9.17) is 9.15 Å². The summed E-state index contributed by atoms with van der Waals surface area (Å²) < 4.78 is 11.5. The molecule has 0 aliphatic carbocycles. The molecule has 2 aromatic carbocycles. The maximum absolute atomic E-state index is 12.2. The van der Waals surface area contributed by atoms with Crippen LogP contribution in [0.5, 0.6) is 5.75 Å².